The Morgan fingerprint density at radius 3 is 2.10 bits per heavy atom. The van der Waals surface area contributed by atoms with Gasteiger partial charge in [0, 0.05) is 22.9 Å². The van der Waals surface area contributed by atoms with Crippen molar-refractivity contribution in [2.24, 2.45) is 29.6 Å². The first kappa shape index (κ1) is 20.8. The summed E-state index contributed by atoms with van der Waals surface area (Å²) in [5.41, 5.74) is 0.289. The third-order valence-electron chi connectivity index (χ3n) is 10.0. The Morgan fingerprint density at radius 2 is 1.48 bits per heavy atom. The van der Waals surface area contributed by atoms with Crippen molar-refractivity contribution >= 4 is 17.5 Å². The minimum absolute atomic E-state index is 0.289. The number of aromatic nitrogens is 3. The van der Waals surface area contributed by atoms with Crippen LogP contribution in [0.2, 0.25) is 0 Å². The quantitative estimate of drug-likeness (QED) is 0.542. The lowest BCUT2D eigenvalue weighted by Crippen LogP contribution is -2.53. The average Bonchev–Trinajstić information content (AvgIpc) is 3.20. The Labute approximate surface area is 193 Å². The van der Waals surface area contributed by atoms with Gasteiger partial charge < -0.3 is 4.90 Å². The second-order valence-corrected chi connectivity index (χ2v) is 13.0. The molecule has 6 saturated carbocycles. The van der Waals surface area contributed by atoms with E-state index in [4.69, 9.17) is 21.7 Å². The summed E-state index contributed by atoms with van der Waals surface area (Å²) in [5.74, 6) is 6.41. The Kier molecular flexibility index (Phi) is 5.32. The molecule has 6 aliphatic carbocycles. The smallest absolute Gasteiger partial charge is 0.245 e. The molecule has 1 aromatic rings. The van der Waals surface area contributed by atoms with Gasteiger partial charge in [-0.25, -0.2) is 0 Å². The highest BCUT2D eigenvalue weighted by Gasteiger charge is 2.53. The highest BCUT2D eigenvalue weighted by molar-refractivity contribution is 6.20. The molecule has 1 heterocycles. The lowest BCUT2D eigenvalue weighted by Gasteiger charge is -2.55. The number of halogens is 1. The number of anilines is 1. The Bertz CT molecular complexity index is 745. The minimum Gasteiger partial charge on any atom is -0.333 e. The summed E-state index contributed by atoms with van der Waals surface area (Å²) < 4.78 is 0. The molecule has 0 saturated heterocycles. The summed E-state index contributed by atoms with van der Waals surface area (Å²) in [6, 6.07) is 1.03. The van der Waals surface area contributed by atoms with Crippen molar-refractivity contribution in [2.45, 2.75) is 120 Å². The predicted octanol–water partition coefficient (Wildman–Crippen LogP) is 6.45. The number of nitrogens with zero attached hydrogens (tertiary/aromatic N) is 3. The molecule has 1 aromatic heterocycles. The fourth-order valence-corrected chi connectivity index (χ4v) is 9.48. The van der Waals surface area contributed by atoms with Crippen molar-refractivity contribution in [1.29, 1.82) is 0 Å². The van der Waals surface area contributed by atoms with E-state index in [1.807, 2.05) is 0 Å². The molecule has 0 spiro atoms. The lowest BCUT2D eigenvalue weighted by molar-refractivity contribution is -0.00922. The van der Waals surface area contributed by atoms with E-state index in [-0.39, 0.29) is 5.41 Å². The van der Waals surface area contributed by atoms with Crippen LogP contribution in [-0.2, 0) is 5.41 Å². The van der Waals surface area contributed by atoms with Crippen LogP contribution in [0.15, 0.2) is 0 Å². The van der Waals surface area contributed by atoms with Crippen molar-refractivity contribution in [1.82, 2.24) is 15.2 Å². The third kappa shape index (κ3) is 3.63. The lowest BCUT2D eigenvalue weighted by atomic mass is 9.49. The van der Waals surface area contributed by atoms with Crippen LogP contribution in [0, 0.1) is 29.6 Å². The molecule has 5 heteroatoms. The van der Waals surface area contributed by atoms with Gasteiger partial charge in [0.1, 0.15) is 5.82 Å². The summed E-state index contributed by atoms with van der Waals surface area (Å²) in [7, 11) is 0. The van der Waals surface area contributed by atoms with Gasteiger partial charge in [-0.15, -0.1) is 16.7 Å². The van der Waals surface area contributed by atoms with Crippen LogP contribution in [-0.4, -0.2) is 32.6 Å². The second-order valence-electron chi connectivity index (χ2n) is 12.4. The van der Waals surface area contributed by atoms with Gasteiger partial charge in [-0.1, -0.05) is 20.3 Å². The molecule has 4 atom stereocenters. The summed E-state index contributed by atoms with van der Waals surface area (Å²) in [6.45, 7) is 4.92. The number of H-pyrrole nitrogens is 1. The number of rotatable bonds is 4. The standard InChI is InChI=1S/C26H41ClN4/c1-16-5-3-6-17(2)23(16)31(22-8-4-7-21(27)12-22)25-28-24(29-30-25)26-13-18-9-19(14-26)11-20(10-18)15-26/h16-23H,3-15H2,1-2H3,(H,28,29,30). The summed E-state index contributed by atoms with van der Waals surface area (Å²) >= 11 is 6.70. The zero-order chi connectivity index (χ0) is 21.2. The molecular weight excluding hydrogens is 404 g/mol. The first-order valence-corrected chi connectivity index (χ1v) is 13.8. The number of aromatic amines is 1. The monoisotopic (exact) mass is 444 g/mol. The van der Waals surface area contributed by atoms with Crippen LogP contribution < -0.4 is 4.90 Å². The van der Waals surface area contributed by atoms with E-state index in [2.05, 4.69) is 23.8 Å². The predicted molar refractivity (Wildman–Crippen MR) is 127 cm³/mol. The molecule has 6 aliphatic rings. The largest absolute Gasteiger partial charge is 0.333 e. The molecule has 172 valence electrons. The zero-order valence-corrected chi connectivity index (χ0v) is 20.3. The van der Waals surface area contributed by atoms with Crippen molar-refractivity contribution in [3.63, 3.8) is 0 Å². The van der Waals surface area contributed by atoms with Crippen LogP contribution in [0.4, 0.5) is 5.95 Å². The van der Waals surface area contributed by atoms with Gasteiger partial charge in [0.05, 0.1) is 0 Å². The minimum atomic E-state index is 0.289. The van der Waals surface area contributed by atoms with Crippen molar-refractivity contribution in [3.8, 4) is 0 Å². The summed E-state index contributed by atoms with van der Waals surface area (Å²) in [4.78, 5) is 8.03. The summed E-state index contributed by atoms with van der Waals surface area (Å²) in [6.07, 6.45) is 17.2. The highest BCUT2D eigenvalue weighted by atomic mass is 35.5. The normalized spacial score (nSPS) is 46.9. The SMILES string of the molecule is CC1CCCC(C)C1N(c1n[nH]c(C23CC4CC(CC(C4)C2)C3)n1)C1CCCC(Cl)C1. The van der Waals surface area contributed by atoms with E-state index in [0.29, 0.717) is 29.3 Å². The Balaban J connectivity index is 1.34. The molecule has 4 unspecified atom stereocenters. The number of alkyl halides is 1. The fourth-order valence-electron chi connectivity index (χ4n) is 9.12. The average molecular weight is 445 g/mol. The van der Waals surface area contributed by atoms with E-state index in [1.54, 1.807) is 0 Å². The fraction of sp³-hybridized carbons (Fsp3) is 0.923. The molecule has 1 N–H and O–H groups in total. The Hall–Kier alpha value is -0.770. The van der Waals surface area contributed by atoms with E-state index >= 15 is 0 Å². The van der Waals surface area contributed by atoms with Gasteiger partial charge in [0.25, 0.3) is 0 Å². The molecular formula is C26H41ClN4. The number of hydrogen-bond acceptors (Lipinski definition) is 3. The van der Waals surface area contributed by atoms with E-state index in [1.165, 1.54) is 76.5 Å². The van der Waals surface area contributed by atoms with Crippen LogP contribution in [0.1, 0.15) is 103 Å². The van der Waals surface area contributed by atoms with Crippen LogP contribution in [0.25, 0.3) is 0 Å². The van der Waals surface area contributed by atoms with E-state index in [9.17, 15) is 0 Å². The van der Waals surface area contributed by atoms with Crippen molar-refractivity contribution in [3.05, 3.63) is 5.82 Å². The maximum absolute atomic E-state index is 6.70. The highest BCUT2D eigenvalue weighted by Crippen LogP contribution is 2.60. The maximum atomic E-state index is 6.70. The Morgan fingerprint density at radius 1 is 0.871 bits per heavy atom. The van der Waals surface area contributed by atoms with Crippen molar-refractivity contribution < 1.29 is 0 Å². The topological polar surface area (TPSA) is 44.8 Å². The first-order chi connectivity index (χ1) is 15.0. The number of nitrogens with one attached hydrogen (secondary N) is 1. The zero-order valence-electron chi connectivity index (χ0n) is 19.5. The van der Waals surface area contributed by atoms with Crippen molar-refractivity contribution in [2.75, 3.05) is 4.90 Å². The van der Waals surface area contributed by atoms with Gasteiger partial charge >= 0.3 is 0 Å². The first-order valence-electron chi connectivity index (χ1n) is 13.4. The van der Waals surface area contributed by atoms with Gasteiger partial charge in [-0.05, 0) is 107 Å². The van der Waals surface area contributed by atoms with Gasteiger partial charge in [0.2, 0.25) is 5.95 Å². The molecule has 0 aliphatic heterocycles. The van der Waals surface area contributed by atoms with E-state index < -0.39 is 0 Å². The van der Waals surface area contributed by atoms with Crippen LogP contribution >= 0.6 is 11.6 Å². The van der Waals surface area contributed by atoms with E-state index in [0.717, 1.165) is 36.5 Å². The summed E-state index contributed by atoms with van der Waals surface area (Å²) in [5, 5.41) is 8.79. The maximum Gasteiger partial charge on any atom is 0.245 e. The molecule has 0 amide bonds. The molecule has 31 heavy (non-hydrogen) atoms. The van der Waals surface area contributed by atoms with Gasteiger partial charge in [-0.3, -0.25) is 5.10 Å². The molecule has 4 bridgehead atoms. The third-order valence-corrected chi connectivity index (χ3v) is 10.4. The molecule has 0 aromatic carbocycles. The molecule has 0 radical (unpaired) electrons. The van der Waals surface area contributed by atoms with Crippen LogP contribution in [0.3, 0.4) is 0 Å². The number of hydrogen-bond donors (Lipinski definition) is 1. The molecule has 7 rings (SSSR count). The van der Waals surface area contributed by atoms with Gasteiger partial charge in [-0.2, -0.15) is 4.98 Å². The molecule has 4 nitrogen and oxygen atoms in total. The molecule has 6 fully saturated rings. The van der Waals surface area contributed by atoms with Crippen LogP contribution in [0.5, 0.6) is 0 Å². The second kappa shape index (κ2) is 7.92. The van der Waals surface area contributed by atoms with Gasteiger partial charge in [0.15, 0.2) is 0 Å².